The van der Waals surface area contributed by atoms with Gasteiger partial charge in [0.25, 0.3) is 0 Å². The summed E-state index contributed by atoms with van der Waals surface area (Å²) in [5, 5.41) is 25.3. The van der Waals surface area contributed by atoms with Crippen molar-refractivity contribution in [3.63, 3.8) is 0 Å². The van der Waals surface area contributed by atoms with E-state index in [1.54, 1.807) is 22.7 Å². The molecule has 1 unspecified atom stereocenters. The van der Waals surface area contributed by atoms with E-state index in [1.807, 2.05) is 10.6 Å². The summed E-state index contributed by atoms with van der Waals surface area (Å²) in [7, 11) is 0. The van der Waals surface area contributed by atoms with Crippen LogP contribution in [0.3, 0.4) is 0 Å². The number of carbonyl (C=O) groups is 1. The molecular weight excluding hydrogens is 543 g/mol. The lowest BCUT2D eigenvalue weighted by atomic mass is 9.86. The van der Waals surface area contributed by atoms with Crippen molar-refractivity contribution in [1.82, 2.24) is 14.8 Å². The Morgan fingerprint density at radius 2 is 2.10 bits per heavy atom. The molecule has 1 aromatic carbocycles. The Balaban J connectivity index is 1.35. The zero-order chi connectivity index (χ0) is 27.5. The minimum absolute atomic E-state index is 0.149. The van der Waals surface area contributed by atoms with Crippen molar-refractivity contribution >= 4 is 45.3 Å². The number of thiophene rings is 2. The number of hydrogen-bond donors (Lipinski definition) is 1. The highest BCUT2D eigenvalue weighted by atomic mass is 32.2. The predicted octanol–water partition coefficient (Wildman–Crippen LogP) is 7.66. The van der Waals surface area contributed by atoms with Gasteiger partial charge in [0, 0.05) is 32.8 Å². The van der Waals surface area contributed by atoms with Crippen molar-refractivity contribution in [3.05, 3.63) is 68.7 Å². The molecule has 4 aromatic rings. The van der Waals surface area contributed by atoms with E-state index in [0.29, 0.717) is 28.2 Å². The summed E-state index contributed by atoms with van der Waals surface area (Å²) < 4.78 is 2.01. The van der Waals surface area contributed by atoms with Crippen LogP contribution in [0.15, 0.2) is 47.5 Å². The number of thioether (sulfide) groups is 1. The Bertz CT molecular complexity index is 1550. The van der Waals surface area contributed by atoms with Crippen LogP contribution in [-0.4, -0.2) is 26.4 Å². The van der Waals surface area contributed by atoms with Crippen molar-refractivity contribution in [1.29, 1.82) is 5.26 Å². The summed E-state index contributed by atoms with van der Waals surface area (Å²) in [4.78, 5) is 15.5. The van der Waals surface area contributed by atoms with Crippen molar-refractivity contribution in [3.8, 4) is 28.6 Å². The largest absolute Gasteiger partial charge is 0.316 e. The summed E-state index contributed by atoms with van der Waals surface area (Å²) in [6.45, 7) is 10.9. The summed E-state index contributed by atoms with van der Waals surface area (Å²) in [6, 6.07) is 10.9. The van der Waals surface area contributed by atoms with E-state index < -0.39 is 0 Å². The van der Waals surface area contributed by atoms with Gasteiger partial charge in [-0.2, -0.15) is 5.26 Å². The number of aryl methyl sites for hydroxylation is 2. The molecule has 1 N–H and O–H groups in total. The van der Waals surface area contributed by atoms with Gasteiger partial charge in [-0.05, 0) is 50.2 Å². The van der Waals surface area contributed by atoms with Gasteiger partial charge in [0.05, 0.1) is 11.3 Å². The zero-order valence-electron chi connectivity index (χ0n) is 22.4. The highest BCUT2D eigenvalue weighted by molar-refractivity contribution is 7.99. The Morgan fingerprint density at radius 3 is 2.82 bits per heavy atom. The lowest BCUT2D eigenvalue weighted by Crippen LogP contribution is -2.15. The van der Waals surface area contributed by atoms with E-state index in [2.05, 4.69) is 78.6 Å². The number of hydrogen-bond acceptors (Lipinski definition) is 7. The number of fused-ring (bicyclic) bond motifs is 1. The van der Waals surface area contributed by atoms with Gasteiger partial charge >= 0.3 is 0 Å². The first-order valence-electron chi connectivity index (χ1n) is 13.1. The van der Waals surface area contributed by atoms with Crippen molar-refractivity contribution in [2.45, 2.75) is 58.2 Å². The predicted molar refractivity (Wildman–Crippen MR) is 163 cm³/mol. The van der Waals surface area contributed by atoms with Crippen LogP contribution in [0.4, 0.5) is 5.00 Å². The molecule has 1 amide bonds. The third-order valence-electron chi connectivity index (χ3n) is 7.23. The SMILES string of the molecule is C=CCn1c(SCC(=O)Nc2sc3c(c2C#N)CCC(CC)C3)nnc1-c1csc(C)c1-c1ccc(C)cc1. The zero-order valence-corrected chi connectivity index (χ0v) is 24.9. The van der Waals surface area contributed by atoms with Crippen molar-refractivity contribution < 1.29 is 4.79 Å². The minimum Gasteiger partial charge on any atom is -0.316 e. The molecule has 3 heterocycles. The van der Waals surface area contributed by atoms with Gasteiger partial charge in [-0.15, -0.1) is 39.4 Å². The van der Waals surface area contributed by atoms with Gasteiger partial charge in [-0.3, -0.25) is 9.36 Å². The molecule has 1 aliphatic rings. The van der Waals surface area contributed by atoms with E-state index in [1.165, 1.54) is 27.1 Å². The summed E-state index contributed by atoms with van der Waals surface area (Å²) in [5.74, 6) is 1.45. The summed E-state index contributed by atoms with van der Waals surface area (Å²) in [5.41, 5.74) is 6.31. The van der Waals surface area contributed by atoms with Crippen LogP contribution >= 0.6 is 34.4 Å². The maximum absolute atomic E-state index is 13.0. The molecule has 6 nitrogen and oxygen atoms in total. The van der Waals surface area contributed by atoms with Crippen molar-refractivity contribution in [2.24, 2.45) is 5.92 Å². The standard InChI is InChI=1S/C30H31N5OS3/c1-5-13-35-28(24-16-37-19(4)27(24)21-10-7-18(3)8-11-21)33-34-30(35)38-17-26(36)32-29-23(15-31)22-12-9-20(6-2)14-25(22)39-29/h5,7-8,10-11,16,20H,1,6,9,12-14,17H2,2-4H3,(H,32,36). The number of nitrogens with one attached hydrogen (secondary N) is 1. The number of carbonyl (C=O) groups excluding carboxylic acids is 1. The smallest absolute Gasteiger partial charge is 0.235 e. The van der Waals surface area contributed by atoms with E-state index in [0.717, 1.165) is 53.8 Å². The third-order valence-corrected chi connectivity index (χ3v) is 10.3. The fourth-order valence-corrected chi connectivity index (χ4v) is 8.03. The average Bonchev–Trinajstić information content (AvgIpc) is 3.62. The van der Waals surface area contributed by atoms with E-state index in [-0.39, 0.29) is 11.7 Å². The Kier molecular flexibility index (Phi) is 8.36. The second-order valence-electron chi connectivity index (χ2n) is 9.83. The van der Waals surface area contributed by atoms with Crippen LogP contribution in [-0.2, 0) is 24.2 Å². The molecule has 0 bridgehead atoms. The van der Waals surface area contributed by atoms with Gasteiger partial charge in [0.1, 0.15) is 11.1 Å². The third kappa shape index (κ3) is 5.60. The lowest BCUT2D eigenvalue weighted by molar-refractivity contribution is -0.113. The Hall–Kier alpha value is -3.19. The number of nitrogens with zero attached hydrogens (tertiary/aromatic N) is 4. The van der Waals surface area contributed by atoms with E-state index in [9.17, 15) is 10.1 Å². The molecule has 0 aliphatic heterocycles. The number of anilines is 1. The van der Waals surface area contributed by atoms with E-state index >= 15 is 0 Å². The summed E-state index contributed by atoms with van der Waals surface area (Å²) in [6.07, 6.45) is 5.98. The maximum atomic E-state index is 13.0. The topological polar surface area (TPSA) is 83.6 Å². The first-order valence-corrected chi connectivity index (χ1v) is 15.8. The molecule has 3 aromatic heterocycles. The number of allylic oxidation sites excluding steroid dienone is 1. The van der Waals surface area contributed by atoms with Crippen LogP contribution in [0.2, 0.25) is 0 Å². The fraction of sp³-hybridized carbons (Fsp3) is 0.333. The highest BCUT2D eigenvalue weighted by Gasteiger charge is 2.26. The number of amides is 1. The van der Waals surface area contributed by atoms with Crippen LogP contribution in [0.5, 0.6) is 0 Å². The number of nitriles is 1. The molecule has 1 aliphatic carbocycles. The fourth-order valence-electron chi connectivity index (χ4n) is 5.09. The molecule has 200 valence electrons. The van der Waals surface area contributed by atoms with Gasteiger partial charge in [-0.25, -0.2) is 0 Å². The minimum atomic E-state index is -0.149. The van der Waals surface area contributed by atoms with Gasteiger partial charge in [0.15, 0.2) is 11.0 Å². The number of benzene rings is 1. The van der Waals surface area contributed by atoms with Crippen LogP contribution in [0.1, 0.15) is 46.2 Å². The second-order valence-corrected chi connectivity index (χ2v) is 13.0. The van der Waals surface area contributed by atoms with E-state index in [4.69, 9.17) is 0 Å². The first kappa shape index (κ1) is 27.4. The van der Waals surface area contributed by atoms with Crippen LogP contribution in [0.25, 0.3) is 22.5 Å². The second kappa shape index (κ2) is 11.9. The Morgan fingerprint density at radius 1 is 1.31 bits per heavy atom. The number of rotatable bonds is 9. The normalized spacial score (nSPS) is 14.6. The quantitative estimate of drug-likeness (QED) is 0.164. The van der Waals surface area contributed by atoms with Gasteiger partial charge in [0.2, 0.25) is 5.91 Å². The highest BCUT2D eigenvalue weighted by Crippen LogP contribution is 2.41. The summed E-state index contributed by atoms with van der Waals surface area (Å²) >= 11 is 4.60. The maximum Gasteiger partial charge on any atom is 0.235 e. The Labute approximate surface area is 241 Å². The molecule has 0 fully saturated rings. The lowest BCUT2D eigenvalue weighted by Gasteiger charge is -2.20. The van der Waals surface area contributed by atoms with Crippen molar-refractivity contribution in [2.75, 3.05) is 11.1 Å². The molecule has 0 radical (unpaired) electrons. The molecule has 0 saturated carbocycles. The molecule has 39 heavy (non-hydrogen) atoms. The van der Waals surface area contributed by atoms with Crippen LogP contribution < -0.4 is 5.32 Å². The number of aromatic nitrogens is 3. The molecule has 5 rings (SSSR count). The average molecular weight is 574 g/mol. The molecule has 9 heteroatoms. The molecule has 0 spiro atoms. The van der Waals surface area contributed by atoms with Gasteiger partial charge in [-0.1, -0.05) is 61.0 Å². The molecular formula is C30H31N5OS3. The molecule has 0 saturated heterocycles. The van der Waals surface area contributed by atoms with Gasteiger partial charge < -0.3 is 5.32 Å². The molecule has 1 atom stereocenters. The monoisotopic (exact) mass is 573 g/mol. The van der Waals surface area contributed by atoms with Crippen LogP contribution in [0, 0.1) is 31.1 Å². The first-order chi connectivity index (χ1) is 18.9.